The van der Waals surface area contributed by atoms with Gasteiger partial charge in [0, 0.05) is 13.0 Å². The van der Waals surface area contributed by atoms with Gasteiger partial charge in [0.15, 0.2) is 0 Å². The molecule has 0 saturated heterocycles. The Kier molecular flexibility index (Phi) is 3.87. The molecule has 1 aliphatic heterocycles. The Morgan fingerprint density at radius 2 is 1.88 bits per heavy atom. The molecule has 2 N–H and O–H groups in total. The lowest BCUT2D eigenvalue weighted by Crippen LogP contribution is -2.17. The van der Waals surface area contributed by atoms with Crippen molar-refractivity contribution in [2.45, 2.75) is 12.6 Å². The average molecular weight is 266 g/mol. The third-order valence-corrected chi connectivity index (χ3v) is 2.32. The molecule has 0 fully saturated rings. The molecule has 2 rings (SSSR count). The zero-order valence-electron chi connectivity index (χ0n) is 8.74. The molecule has 3 nitrogen and oxygen atoms in total. The van der Waals surface area contributed by atoms with Gasteiger partial charge in [-0.05, 0) is 12.1 Å². The number of hydrazone groups is 1. The van der Waals surface area contributed by atoms with Crippen molar-refractivity contribution in [2.75, 3.05) is 11.6 Å². The maximum Gasteiger partial charge on any atom is 0.418 e. The van der Waals surface area contributed by atoms with Crippen molar-refractivity contribution in [3.8, 4) is 0 Å². The third-order valence-electron chi connectivity index (χ3n) is 2.32. The summed E-state index contributed by atoms with van der Waals surface area (Å²) in [5.41, 5.74) is 4.81. The summed E-state index contributed by atoms with van der Waals surface area (Å²) in [5, 5.41) is 5.15. The van der Waals surface area contributed by atoms with E-state index in [9.17, 15) is 13.2 Å². The lowest BCUT2D eigenvalue weighted by Gasteiger charge is -2.19. The van der Waals surface area contributed by atoms with Crippen molar-refractivity contribution in [3.63, 3.8) is 0 Å². The van der Waals surface area contributed by atoms with Crippen LogP contribution in [0.4, 0.5) is 18.9 Å². The van der Waals surface area contributed by atoms with E-state index in [1.54, 1.807) is 6.07 Å². The summed E-state index contributed by atoms with van der Waals surface area (Å²) in [6, 6.07) is 5.34. The monoisotopic (exact) mass is 265 g/mol. The van der Waals surface area contributed by atoms with Gasteiger partial charge in [-0.1, -0.05) is 12.1 Å². The van der Waals surface area contributed by atoms with Crippen LogP contribution in [0.3, 0.4) is 0 Å². The molecule has 0 aliphatic carbocycles. The lowest BCUT2D eigenvalue weighted by atomic mass is 10.1. The number of hydrogen-bond donors (Lipinski definition) is 1. The zero-order chi connectivity index (χ0) is 11.8. The van der Waals surface area contributed by atoms with E-state index in [1.807, 2.05) is 0 Å². The Morgan fingerprint density at radius 1 is 1.24 bits per heavy atom. The first kappa shape index (κ1) is 13.6. The van der Waals surface area contributed by atoms with E-state index < -0.39 is 11.7 Å². The van der Waals surface area contributed by atoms with E-state index in [1.165, 1.54) is 17.1 Å². The minimum Gasteiger partial charge on any atom is -0.386 e. The van der Waals surface area contributed by atoms with Crippen LogP contribution in [0.5, 0.6) is 0 Å². The second-order valence-electron chi connectivity index (χ2n) is 3.48. The fourth-order valence-corrected chi connectivity index (χ4v) is 1.59. The van der Waals surface area contributed by atoms with Crippen molar-refractivity contribution < 1.29 is 13.2 Å². The van der Waals surface area contributed by atoms with Gasteiger partial charge in [-0.25, -0.2) is 0 Å². The van der Waals surface area contributed by atoms with Gasteiger partial charge in [0.2, 0.25) is 0 Å². The van der Waals surface area contributed by atoms with E-state index in [2.05, 4.69) is 5.10 Å². The molecule has 1 heterocycles. The molecule has 1 aromatic carbocycles. The van der Waals surface area contributed by atoms with Crippen molar-refractivity contribution >= 4 is 23.9 Å². The van der Waals surface area contributed by atoms with Gasteiger partial charge >= 0.3 is 6.18 Å². The first-order valence-electron chi connectivity index (χ1n) is 4.75. The van der Waals surface area contributed by atoms with E-state index >= 15 is 0 Å². The van der Waals surface area contributed by atoms with Gasteiger partial charge in [-0.2, -0.15) is 18.3 Å². The standard InChI is InChI=1S/C10H10F3N3.ClH/c11-10(12,13)7-3-1-2-4-8(7)16-6-5-9(14)15-16;/h1-4H,5-6H2,(H2,14,15);1H. The maximum atomic E-state index is 12.7. The molecule has 17 heavy (non-hydrogen) atoms. The largest absolute Gasteiger partial charge is 0.418 e. The topological polar surface area (TPSA) is 41.6 Å². The summed E-state index contributed by atoms with van der Waals surface area (Å²) in [4.78, 5) is 0. The lowest BCUT2D eigenvalue weighted by molar-refractivity contribution is -0.137. The molecular weight excluding hydrogens is 255 g/mol. The molecule has 94 valence electrons. The second-order valence-corrected chi connectivity index (χ2v) is 3.48. The molecule has 0 saturated carbocycles. The minimum absolute atomic E-state index is 0. The fourth-order valence-electron chi connectivity index (χ4n) is 1.59. The van der Waals surface area contributed by atoms with Gasteiger partial charge in [0.25, 0.3) is 0 Å². The number of hydrogen-bond acceptors (Lipinski definition) is 3. The van der Waals surface area contributed by atoms with E-state index in [-0.39, 0.29) is 18.1 Å². The molecular formula is C10H11ClF3N3. The van der Waals surface area contributed by atoms with E-state index in [0.717, 1.165) is 6.07 Å². The highest BCUT2D eigenvalue weighted by atomic mass is 35.5. The summed E-state index contributed by atoms with van der Waals surface area (Å²) in [6.07, 6.45) is -3.88. The first-order chi connectivity index (χ1) is 7.48. The molecule has 0 bridgehead atoms. The number of nitrogens with two attached hydrogens (primary N) is 1. The molecule has 0 unspecified atom stereocenters. The number of halogens is 4. The number of alkyl halides is 3. The number of benzene rings is 1. The maximum absolute atomic E-state index is 12.7. The Hall–Kier alpha value is -1.43. The minimum atomic E-state index is -4.37. The Morgan fingerprint density at radius 3 is 2.41 bits per heavy atom. The summed E-state index contributed by atoms with van der Waals surface area (Å²) < 4.78 is 38.1. The number of para-hydroxylation sites is 1. The van der Waals surface area contributed by atoms with Crippen LogP contribution in [-0.4, -0.2) is 12.4 Å². The SMILES string of the molecule is Cl.NC1=NN(c2ccccc2C(F)(F)F)CC1. The fraction of sp³-hybridized carbons (Fsp3) is 0.300. The van der Waals surface area contributed by atoms with Crippen molar-refractivity contribution in [1.29, 1.82) is 0 Å². The van der Waals surface area contributed by atoms with Crippen LogP contribution in [0, 0.1) is 0 Å². The molecule has 0 amide bonds. The highest BCUT2D eigenvalue weighted by Gasteiger charge is 2.35. The Balaban J connectivity index is 0.00000144. The summed E-state index contributed by atoms with van der Waals surface area (Å²) in [6.45, 7) is 0.388. The van der Waals surface area contributed by atoms with Gasteiger partial charge in [-0.15, -0.1) is 12.4 Å². The molecule has 1 aliphatic rings. The van der Waals surface area contributed by atoms with Crippen LogP contribution in [-0.2, 0) is 6.18 Å². The average Bonchev–Trinajstić information content (AvgIpc) is 2.64. The number of nitrogens with zero attached hydrogens (tertiary/aromatic N) is 2. The van der Waals surface area contributed by atoms with Gasteiger partial charge in [0.05, 0.1) is 11.3 Å². The summed E-state index contributed by atoms with van der Waals surface area (Å²) in [7, 11) is 0. The highest BCUT2D eigenvalue weighted by Crippen LogP contribution is 2.37. The highest BCUT2D eigenvalue weighted by molar-refractivity contribution is 5.85. The van der Waals surface area contributed by atoms with Gasteiger partial charge in [-0.3, -0.25) is 5.01 Å². The first-order valence-corrected chi connectivity index (χ1v) is 4.75. The van der Waals surface area contributed by atoms with E-state index in [0.29, 0.717) is 18.8 Å². The van der Waals surface area contributed by atoms with Crippen LogP contribution in [0.2, 0.25) is 0 Å². The van der Waals surface area contributed by atoms with Crippen LogP contribution in [0.1, 0.15) is 12.0 Å². The number of amidine groups is 1. The molecule has 7 heteroatoms. The third kappa shape index (κ3) is 2.82. The van der Waals surface area contributed by atoms with Crippen molar-refractivity contribution in [2.24, 2.45) is 10.8 Å². The molecule has 0 aromatic heterocycles. The van der Waals surface area contributed by atoms with Crippen LogP contribution in [0.15, 0.2) is 29.4 Å². The molecule has 0 spiro atoms. The van der Waals surface area contributed by atoms with Crippen molar-refractivity contribution in [1.82, 2.24) is 0 Å². The second kappa shape index (κ2) is 4.83. The number of rotatable bonds is 1. The quantitative estimate of drug-likeness (QED) is 0.848. The Bertz CT molecular complexity index is 431. The van der Waals surface area contributed by atoms with Gasteiger partial charge in [0.1, 0.15) is 5.84 Å². The normalized spacial score (nSPS) is 15.5. The van der Waals surface area contributed by atoms with Gasteiger partial charge < -0.3 is 5.73 Å². The predicted molar refractivity (Wildman–Crippen MR) is 62.3 cm³/mol. The molecule has 1 aromatic rings. The predicted octanol–water partition coefficient (Wildman–Crippen LogP) is 2.61. The van der Waals surface area contributed by atoms with Crippen molar-refractivity contribution in [3.05, 3.63) is 29.8 Å². The molecule has 0 atom stereocenters. The van der Waals surface area contributed by atoms with Crippen LogP contribution in [0.25, 0.3) is 0 Å². The van der Waals surface area contributed by atoms with Crippen LogP contribution >= 0.6 is 12.4 Å². The summed E-state index contributed by atoms with van der Waals surface area (Å²) >= 11 is 0. The van der Waals surface area contributed by atoms with Crippen LogP contribution < -0.4 is 10.7 Å². The molecule has 0 radical (unpaired) electrons. The number of anilines is 1. The van der Waals surface area contributed by atoms with E-state index in [4.69, 9.17) is 5.73 Å². The smallest absolute Gasteiger partial charge is 0.386 e. The zero-order valence-corrected chi connectivity index (χ0v) is 9.55. The summed E-state index contributed by atoms with van der Waals surface area (Å²) in [5.74, 6) is 0.358. The Labute approximate surface area is 103 Å².